The summed E-state index contributed by atoms with van der Waals surface area (Å²) in [7, 11) is -2.92. The molecule has 0 aromatic heterocycles. The van der Waals surface area contributed by atoms with Crippen molar-refractivity contribution in [2.75, 3.05) is 0 Å². The highest BCUT2D eigenvalue weighted by atomic mass is 31.1. The molecular formula is C7H7O4P. The van der Waals surface area contributed by atoms with Crippen molar-refractivity contribution in [2.24, 2.45) is 0 Å². The molecule has 0 fully saturated rings. The van der Waals surface area contributed by atoms with Crippen molar-refractivity contribution < 1.29 is 18.7 Å². The topological polar surface area (TPSA) is 52.6 Å². The zero-order valence-corrected chi connectivity index (χ0v) is 7.07. The van der Waals surface area contributed by atoms with Crippen LogP contribution in [0.2, 0.25) is 0 Å². The molecule has 0 saturated heterocycles. The molecule has 0 aliphatic rings. The summed E-state index contributed by atoms with van der Waals surface area (Å²) in [5.41, 5.74) is 0.856. The third kappa shape index (κ3) is 3.44. The summed E-state index contributed by atoms with van der Waals surface area (Å²) in [6.07, 6.45) is 0. The van der Waals surface area contributed by atoms with Gasteiger partial charge in [0.2, 0.25) is 0 Å². The van der Waals surface area contributed by atoms with Crippen LogP contribution in [-0.2, 0) is 25.3 Å². The number of hydrogen-bond acceptors (Lipinski definition) is 4. The molecule has 0 unspecified atom stereocenters. The summed E-state index contributed by atoms with van der Waals surface area (Å²) >= 11 is 0. The number of hydrogen-bond donors (Lipinski definition) is 0. The van der Waals surface area contributed by atoms with Crippen LogP contribution in [0.15, 0.2) is 30.3 Å². The Hall–Kier alpha value is -0.960. The fraction of sp³-hybridized carbons (Fsp3) is 0.143. The van der Waals surface area contributed by atoms with E-state index in [0.717, 1.165) is 5.56 Å². The van der Waals surface area contributed by atoms with Crippen molar-refractivity contribution >= 4 is 7.91 Å². The molecule has 0 aliphatic carbocycles. The van der Waals surface area contributed by atoms with Gasteiger partial charge in [-0.3, -0.25) is 0 Å². The molecule has 5 heteroatoms. The highest BCUT2D eigenvalue weighted by Gasteiger charge is 1.94. The van der Waals surface area contributed by atoms with Gasteiger partial charge in [0.1, 0.15) is 6.61 Å². The largest absolute Gasteiger partial charge is 0.496 e. The zero-order chi connectivity index (χ0) is 8.81. The Morgan fingerprint density at radius 3 is 2.42 bits per heavy atom. The number of benzene rings is 1. The molecule has 1 rings (SSSR count). The molecule has 0 bridgehead atoms. The van der Waals surface area contributed by atoms with Gasteiger partial charge < -0.3 is 0 Å². The predicted molar refractivity (Wildman–Crippen MR) is 40.6 cm³/mol. The van der Waals surface area contributed by atoms with Gasteiger partial charge >= 0.3 is 7.91 Å². The molecule has 64 valence electrons. The first-order chi connectivity index (χ1) is 5.79. The van der Waals surface area contributed by atoms with Gasteiger partial charge in [-0.25, -0.2) is 14.0 Å². The molecule has 0 heterocycles. The monoisotopic (exact) mass is 186 g/mol. The first-order valence-corrected chi connectivity index (χ1v) is 4.36. The van der Waals surface area contributed by atoms with Crippen LogP contribution in [0.4, 0.5) is 0 Å². The van der Waals surface area contributed by atoms with E-state index in [0.29, 0.717) is 0 Å². The Morgan fingerprint density at radius 1 is 1.17 bits per heavy atom. The van der Waals surface area contributed by atoms with Crippen LogP contribution >= 0.6 is 7.91 Å². The molecule has 0 spiro atoms. The van der Waals surface area contributed by atoms with E-state index in [1.165, 1.54) is 0 Å². The van der Waals surface area contributed by atoms with Crippen LogP contribution in [-0.4, -0.2) is 0 Å². The van der Waals surface area contributed by atoms with Crippen LogP contribution in [0, 0.1) is 0 Å². The normalized spacial score (nSPS) is 9.67. The van der Waals surface area contributed by atoms with E-state index in [2.05, 4.69) is 9.56 Å². The molecule has 1 aromatic rings. The Morgan fingerprint density at radius 2 is 1.83 bits per heavy atom. The maximum atomic E-state index is 9.88. The van der Waals surface area contributed by atoms with E-state index in [9.17, 15) is 9.13 Å². The van der Waals surface area contributed by atoms with Gasteiger partial charge in [-0.15, -0.1) is 4.67 Å². The molecule has 1 aromatic carbocycles. The van der Waals surface area contributed by atoms with E-state index in [1.807, 2.05) is 18.2 Å². The highest BCUT2D eigenvalue weighted by molar-refractivity contribution is 7.24. The van der Waals surface area contributed by atoms with Gasteiger partial charge in [0.15, 0.2) is 0 Å². The summed E-state index contributed by atoms with van der Waals surface area (Å²) in [6, 6.07) is 9.13. The van der Waals surface area contributed by atoms with Gasteiger partial charge in [0, 0.05) is 0 Å². The maximum Gasteiger partial charge on any atom is 0.496 e. The molecular weight excluding hydrogens is 179 g/mol. The van der Waals surface area contributed by atoms with Crippen LogP contribution in [0.25, 0.3) is 0 Å². The lowest BCUT2D eigenvalue weighted by atomic mass is 10.2. The molecule has 0 atom stereocenters. The first kappa shape index (κ1) is 9.13. The van der Waals surface area contributed by atoms with Gasteiger partial charge in [-0.05, 0) is 5.56 Å². The molecule has 4 nitrogen and oxygen atoms in total. The van der Waals surface area contributed by atoms with Crippen molar-refractivity contribution in [2.45, 2.75) is 6.61 Å². The second-order valence-electron chi connectivity index (χ2n) is 2.05. The molecule has 12 heavy (non-hydrogen) atoms. The third-order valence-electron chi connectivity index (χ3n) is 1.18. The summed E-state index contributed by atoms with van der Waals surface area (Å²) in [6.45, 7) is 0.129. The first-order valence-electron chi connectivity index (χ1n) is 3.27. The lowest BCUT2D eigenvalue weighted by molar-refractivity contribution is -0.213. The fourth-order valence-corrected chi connectivity index (χ4v) is 0.850. The van der Waals surface area contributed by atoms with E-state index in [4.69, 9.17) is 0 Å². The highest BCUT2D eigenvalue weighted by Crippen LogP contribution is 2.08. The lowest BCUT2D eigenvalue weighted by Gasteiger charge is -1.96. The zero-order valence-electron chi connectivity index (χ0n) is 6.17. The second-order valence-corrected chi connectivity index (χ2v) is 2.64. The molecule has 0 amide bonds. The van der Waals surface area contributed by atoms with E-state index < -0.39 is 7.91 Å². The molecule has 0 N–H and O–H groups in total. The predicted octanol–water partition coefficient (Wildman–Crippen LogP) is 2.22. The van der Waals surface area contributed by atoms with E-state index in [1.54, 1.807) is 12.1 Å². The Kier molecular flexibility index (Phi) is 3.67. The average molecular weight is 186 g/mol. The van der Waals surface area contributed by atoms with Crippen LogP contribution in [0.3, 0.4) is 0 Å². The quantitative estimate of drug-likeness (QED) is 0.411. The van der Waals surface area contributed by atoms with Crippen molar-refractivity contribution in [3.05, 3.63) is 35.9 Å². The Balaban J connectivity index is 2.34. The maximum absolute atomic E-state index is 9.88. The Bertz CT molecular complexity index is 286. The SMILES string of the molecule is O=P(=O)OOCc1ccccc1. The van der Waals surface area contributed by atoms with Crippen molar-refractivity contribution in [1.82, 2.24) is 0 Å². The molecule has 0 radical (unpaired) electrons. The summed E-state index contributed by atoms with van der Waals surface area (Å²) in [5.74, 6) is 0. The summed E-state index contributed by atoms with van der Waals surface area (Å²) in [5, 5.41) is 0. The van der Waals surface area contributed by atoms with E-state index in [-0.39, 0.29) is 6.61 Å². The minimum absolute atomic E-state index is 0.129. The van der Waals surface area contributed by atoms with Crippen LogP contribution in [0.1, 0.15) is 5.56 Å². The smallest absolute Gasteiger partial charge is 0.218 e. The minimum atomic E-state index is -2.92. The van der Waals surface area contributed by atoms with Crippen molar-refractivity contribution in [3.8, 4) is 0 Å². The lowest BCUT2D eigenvalue weighted by Crippen LogP contribution is -1.87. The summed E-state index contributed by atoms with van der Waals surface area (Å²) in [4.78, 5) is 4.38. The van der Waals surface area contributed by atoms with Gasteiger partial charge in [0.25, 0.3) is 0 Å². The number of rotatable bonds is 4. The second kappa shape index (κ2) is 4.83. The molecule has 0 saturated carbocycles. The van der Waals surface area contributed by atoms with Crippen LogP contribution < -0.4 is 0 Å². The minimum Gasteiger partial charge on any atom is -0.218 e. The summed E-state index contributed by atoms with van der Waals surface area (Å²) < 4.78 is 23.7. The van der Waals surface area contributed by atoms with Gasteiger partial charge in [-0.1, -0.05) is 30.3 Å². The third-order valence-corrected chi connectivity index (χ3v) is 1.41. The Labute approximate surface area is 69.9 Å². The van der Waals surface area contributed by atoms with Gasteiger partial charge in [0.05, 0.1) is 0 Å². The van der Waals surface area contributed by atoms with Gasteiger partial charge in [-0.2, -0.15) is 0 Å². The fourth-order valence-electron chi connectivity index (χ4n) is 0.712. The average Bonchev–Trinajstić information content (AvgIpc) is 2.05. The van der Waals surface area contributed by atoms with Crippen molar-refractivity contribution in [3.63, 3.8) is 0 Å². The van der Waals surface area contributed by atoms with E-state index >= 15 is 0 Å². The standard InChI is InChI=1S/C7H7O4P/c8-12(9)11-10-6-7-4-2-1-3-5-7/h1-5H,6H2. The van der Waals surface area contributed by atoms with Crippen LogP contribution in [0.5, 0.6) is 0 Å². The molecule has 0 aliphatic heterocycles. The van der Waals surface area contributed by atoms with Crippen molar-refractivity contribution in [1.29, 1.82) is 0 Å².